The third-order valence-corrected chi connectivity index (χ3v) is 3.19. The van der Waals surface area contributed by atoms with E-state index in [4.69, 9.17) is 5.11 Å². The van der Waals surface area contributed by atoms with Crippen LogP contribution in [0.15, 0.2) is 22.7 Å². The average molecular weight is 347 g/mol. The van der Waals surface area contributed by atoms with Crippen molar-refractivity contribution in [2.45, 2.75) is 26.3 Å². The minimum Gasteiger partial charge on any atom is -0.481 e. The van der Waals surface area contributed by atoms with Gasteiger partial charge in [0.2, 0.25) is 0 Å². The van der Waals surface area contributed by atoms with Gasteiger partial charge in [-0.3, -0.25) is 4.79 Å². The second kappa shape index (κ2) is 7.23. The van der Waals surface area contributed by atoms with Gasteiger partial charge in [-0.05, 0) is 24.1 Å². The van der Waals surface area contributed by atoms with Crippen LogP contribution in [0.5, 0.6) is 0 Å². The summed E-state index contributed by atoms with van der Waals surface area (Å²) in [5.74, 6) is -1.62. The third-order valence-electron chi connectivity index (χ3n) is 2.69. The summed E-state index contributed by atoms with van der Waals surface area (Å²) in [6.45, 7) is 3.60. The van der Waals surface area contributed by atoms with Gasteiger partial charge in [0.05, 0.1) is 12.1 Å². The van der Waals surface area contributed by atoms with Gasteiger partial charge in [0, 0.05) is 10.5 Å². The number of rotatable bonds is 5. The summed E-state index contributed by atoms with van der Waals surface area (Å²) in [5, 5.41) is 13.7. The van der Waals surface area contributed by atoms with Crippen molar-refractivity contribution in [1.29, 1.82) is 0 Å². The zero-order valence-electron chi connectivity index (χ0n) is 11.1. The second-order valence-corrected chi connectivity index (χ2v) is 5.59. The number of halogens is 2. The molecule has 0 bridgehead atoms. The van der Waals surface area contributed by atoms with E-state index < -0.39 is 23.9 Å². The molecule has 0 saturated heterocycles. The Morgan fingerprint density at radius 1 is 1.40 bits per heavy atom. The molecule has 110 valence electrons. The number of carboxylic acids is 1. The van der Waals surface area contributed by atoms with Gasteiger partial charge in [-0.15, -0.1) is 0 Å². The van der Waals surface area contributed by atoms with Crippen molar-refractivity contribution in [2.75, 3.05) is 5.32 Å². The van der Waals surface area contributed by atoms with E-state index in [2.05, 4.69) is 26.6 Å². The standard InChI is InChI=1S/C13H16BrFN2O3/c1-7(2)10(6-12(18)19)16-13(20)17-11-5-8(14)3-4-9(11)15/h3-5,7,10H,6H2,1-2H3,(H,18,19)(H2,16,17,20). The normalized spacial score (nSPS) is 12.1. The van der Waals surface area contributed by atoms with E-state index in [1.807, 2.05) is 0 Å². The van der Waals surface area contributed by atoms with Crippen LogP contribution in [0.1, 0.15) is 20.3 Å². The number of benzene rings is 1. The van der Waals surface area contributed by atoms with Crippen molar-refractivity contribution in [3.63, 3.8) is 0 Å². The fraction of sp³-hybridized carbons (Fsp3) is 0.385. The molecule has 0 fully saturated rings. The van der Waals surface area contributed by atoms with E-state index in [0.29, 0.717) is 4.47 Å². The number of hydrogen-bond donors (Lipinski definition) is 3. The number of urea groups is 1. The van der Waals surface area contributed by atoms with Crippen LogP contribution in [-0.4, -0.2) is 23.1 Å². The molecule has 1 aromatic rings. The molecule has 1 rings (SSSR count). The Morgan fingerprint density at radius 2 is 2.05 bits per heavy atom. The van der Waals surface area contributed by atoms with Gasteiger partial charge in [0.25, 0.3) is 0 Å². The molecule has 0 spiro atoms. The largest absolute Gasteiger partial charge is 0.481 e. The summed E-state index contributed by atoms with van der Waals surface area (Å²) in [6, 6.07) is 3.00. The first kappa shape index (κ1) is 16.4. The first-order chi connectivity index (χ1) is 9.29. The summed E-state index contributed by atoms with van der Waals surface area (Å²) in [4.78, 5) is 22.5. The van der Waals surface area contributed by atoms with Gasteiger partial charge in [0.1, 0.15) is 5.82 Å². The summed E-state index contributed by atoms with van der Waals surface area (Å²) >= 11 is 3.18. The van der Waals surface area contributed by atoms with Crippen LogP contribution < -0.4 is 10.6 Å². The lowest BCUT2D eigenvalue weighted by molar-refractivity contribution is -0.137. The Hall–Kier alpha value is -1.63. The second-order valence-electron chi connectivity index (χ2n) is 4.67. The maximum Gasteiger partial charge on any atom is 0.319 e. The van der Waals surface area contributed by atoms with Crippen molar-refractivity contribution in [3.8, 4) is 0 Å². The monoisotopic (exact) mass is 346 g/mol. The SMILES string of the molecule is CC(C)C(CC(=O)O)NC(=O)Nc1cc(Br)ccc1F. The molecule has 0 aromatic heterocycles. The lowest BCUT2D eigenvalue weighted by Crippen LogP contribution is -2.42. The number of anilines is 1. The van der Waals surface area contributed by atoms with Crippen molar-refractivity contribution in [2.24, 2.45) is 5.92 Å². The van der Waals surface area contributed by atoms with E-state index in [1.165, 1.54) is 18.2 Å². The van der Waals surface area contributed by atoms with E-state index in [1.54, 1.807) is 13.8 Å². The minimum atomic E-state index is -1.00. The zero-order valence-corrected chi connectivity index (χ0v) is 12.7. The molecule has 0 aliphatic carbocycles. The van der Waals surface area contributed by atoms with Gasteiger partial charge in [0.15, 0.2) is 0 Å². The van der Waals surface area contributed by atoms with Gasteiger partial charge in [-0.25, -0.2) is 9.18 Å². The number of carbonyl (C=O) groups is 2. The van der Waals surface area contributed by atoms with Crippen molar-refractivity contribution in [3.05, 3.63) is 28.5 Å². The molecule has 0 aliphatic rings. The van der Waals surface area contributed by atoms with Crippen molar-refractivity contribution < 1.29 is 19.1 Å². The third kappa shape index (κ3) is 5.16. The summed E-state index contributed by atoms with van der Waals surface area (Å²) in [5.41, 5.74) is 0.0229. The molecule has 1 unspecified atom stereocenters. The lowest BCUT2D eigenvalue weighted by Gasteiger charge is -2.21. The highest BCUT2D eigenvalue weighted by Gasteiger charge is 2.19. The molecule has 0 aliphatic heterocycles. The number of aliphatic carboxylic acids is 1. The summed E-state index contributed by atoms with van der Waals surface area (Å²) in [7, 11) is 0. The number of nitrogens with one attached hydrogen (secondary N) is 2. The molecule has 3 N–H and O–H groups in total. The van der Waals surface area contributed by atoms with Crippen LogP contribution in [0, 0.1) is 11.7 Å². The molecule has 20 heavy (non-hydrogen) atoms. The molecule has 0 radical (unpaired) electrons. The van der Waals surface area contributed by atoms with Crippen molar-refractivity contribution >= 4 is 33.6 Å². The van der Waals surface area contributed by atoms with Crippen LogP contribution in [0.2, 0.25) is 0 Å². The molecule has 1 aromatic carbocycles. The smallest absolute Gasteiger partial charge is 0.319 e. The topological polar surface area (TPSA) is 78.4 Å². The van der Waals surface area contributed by atoms with E-state index >= 15 is 0 Å². The van der Waals surface area contributed by atoms with Crippen molar-refractivity contribution in [1.82, 2.24) is 5.32 Å². The molecule has 0 saturated carbocycles. The fourth-order valence-electron chi connectivity index (χ4n) is 1.56. The number of hydrogen-bond acceptors (Lipinski definition) is 2. The maximum atomic E-state index is 13.5. The summed E-state index contributed by atoms with van der Waals surface area (Å²) < 4.78 is 14.1. The number of carbonyl (C=O) groups excluding carboxylic acids is 1. The van der Waals surface area contributed by atoms with Crippen LogP contribution in [0.3, 0.4) is 0 Å². The van der Waals surface area contributed by atoms with Gasteiger partial charge >= 0.3 is 12.0 Å². The first-order valence-electron chi connectivity index (χ1n) is 6.04. The predicted molar refractivity (Wildman–Crippen MR) is 77.1 cm³/mol. The summed E-state index contributed by atoms with van der Waals surface area (Å²) in [6.07, 6.45) is -0.188. The lowest BCUT2D eigenvalue weighted by atomic mass is 10.0. The van der Waals surface area contributed by atoms with E-state index in [9.17, 15) is 14.0 Å². The Labute approximate surface area is 124 Å². The number of carboxylic acid groups (broad SMARTS) is 1. The van der Waals surface area contributed by atoms with E-state index in [0.717, 1.165) is 0 Å². The number of amides is 2. The highest BCUT2D eigenvalue weighted by atomic mass is 79.9. The quantitative estimate of drug-likeness (QED) is 0.765. The van der Waals surface area contributed by atoms with Gasteiger partial charge in [-0.2, -0.15) is 0 Å². The van der Waals surface area contributed by atoms with Gasteiger partial charge < -0.3 is 15.7 Å². The minimum absolute atomic E-state index is 0.0229. The van der Waals surface area contributed by atoms with Crippen LogP contribution in [-0.2, 0) is 4.79 Å². The molecule has 5 nitrogen and oxygen atoms in total. The van der Waals surface area contributed by atoms with E-state index in [-0.39, 0.29) is 18.0 Å². The Bertz CT molecular complexity index is 508. The van der Waals surface area contributed by atoms with Gasteiger partial charge in [-0.1, -0.05) is 29.8 Å². The van der Waals surface area contributed by atoms with Crippen LogP contribution in [0.4, 0.5) is 14.9 Å². The Balaban J connectivity index is 2.70. The molecule has 0 heterocycles. The zero-order chi connectivity index (χ0) is 15.3. The maximum absolute atomic E-state index is 13.5. The first-order valence-corrected chi connectivity index (χ1v) is 6.83. The Kier molecular flexibility index (Phi) is 5.94. The average Bonchev–Trinajstić information content (AvgIpc) is 2.32. The highest BCUT2D eigenvalue weighted by Crippen LogP contribution is 2.20. The molecular formula is C13H16BrFN2O3. The fourth-order valence-corrected chi connectivity index (χ4v) is 1.92. The predicted octanol–water partition coefficient (Wildman–Crippen LogP) is 3.21. The molecule has 2 amide bonds. The highest BCUT2D eigenvalue weighted by molar-refractivity contribution is 9.10. The molecule has 7 heteroatoms. The molecular weight excluding hydrogens is 331 g/mol. The Morgan fingerprint density at radius 3 is 2.60 bits per heavy atom. The van der Waals surface area contributed by atoms with Crippen LogP contribution >= 0.6 is 15.9 Å². The molecule has 1 atom stereocenters. The van der Waals surface area contributed by atoms with Crippen LogP contribution in [0.25, 0.3) is 0 Å².